The molecule has 2 amide bonds. The average molecular weight is 269 g/mol. The largest absolute Gasteiger partial charge is 0.355 e. The van der Waals surface area contributed by atoms with Crippen LogP contribution >= 0.6 is 0 Å². The van der Waals surface area contributed by atoms with Crippen molar-refractivity contribution in [2.45, 2.75) is 12.8 Å². The summed E-state index contributed by atoms with van der Waals surface area (Å²) in [7, 11) is 0. The molecule has 102 valence electrons. The van der Waals surface area contributed by atoms with Gasteiger partial charge in [0.25, 0.3) is 0 Å². The Hall–Kier alpha value is -2.43. The van der Waals surface area contributed by atoms with E-state index in [1.807, 2.05) is 24.3 Å². The number of carbonyl (C=O) groups is 2. The average Bonchev–Trinajstić information content (AvgIpc) is 2.48. The summed E-state index contributed by atoms with van der Waals surface area (Å²) in [4.78, 5) is 27.4. The zero-order valence-corrected chi connectivity index (χ0v) is 10.9. The van der Waals surface area contributed by atoms with Gasteiger partial charge in [0.2, 0.25) is 11.8 Å². The van der Waals surface area contributed by atoms with Gasteiger partial charge in [-0.3, -0.25) is 14.6 Å². The third-order valence-electron chi connectivity index (χ3n) is 3.57. The van der Waals surface area contributed by atoms with E-state index in [0.717, 1.165) is 16.5 Å². The summed E-state index contributed by atoms with van der Waals surface area (Å²) in [6.07, 6.45) is 4.49. The van der Waals surface area contributed by atoms with Crippen LogP contribution in [0.5, 0.6) is 0 Å². The Balaban J connectivity index is 1.79. The molecule has 0 saturated carbocycles. The molecule has 0 radical (unpaired) electrons. The summed E-state index contributed by atoms with van der Waals surface area (Å²) in [6, 6.07) is 7.61. The molecule has 1 unspecified atom stereocenters. The van der Waals surface area contributed by atoms with Crippen LogP contribution in [0, 0.1) is 5.92 Å². The molecule has 1 saturated heterocycles. The van der Waals surface area contributed by atoms with Gasteiger partial charge in [-0.25, -0.2) is 0 Å². The Kier molecular flexibility index (Phi) is 3.33. The van der Waals surface area contributed by atoms with Crippen LogP contribution in [-0.4, -0.2) is 23.3 Å². The molecule has 0 bridgehead atoms. The first kappa shape index (κ1) is 12.6. The van der Waals surface area contributed by atoms with E-state index in [1.54, 1.807) is 12.4 Å². The minimum absolute atomic E-state index is 0.0188. The zero-order chi connectivity index (χ0) is 13.9. The van der Waals surface area contributed by atoms with Crippen molar-refractivity contribution in [1.29, 1.82) is 0 Å². The van der Waals surface area contributed by atoms with E-state index in [0.29, 0.717) is 19.4 Å². The topological polar surface area (TPSA) is 71.1 Å². The fourth-order valence-electron chi connectivity index (χ4n) is 2.42. The SMILES string of the molecule is O=C1CCC(C(=O)Nc2cccc3cnccc23)CN1. The molecular weight excluding hydrogens is 254 g/mol. The Morgan fingerprint density at radius 1 is 1.35 bits per heavy atom. The quantitative estimate of drug-likeness (QED) is 0.871. The Bertz CT molecular complexity index is 654. The number of piperidine rings is 1. The monoisotopic (exact) mass is 269 g/mol. The lowest BCUT2D eigenvalue weighted by atomic mass is 9.98. The number of hydrogen-bond donors (Lipinski definition) is 2. The van der Waals surface area contributed by atoms with Gasteiger partial charge in [0.05, 0.1) is 5.92 Å². The van der Waals surface area contributed by atoms with Gasteiger partial charge in [-0.2, -0.15) is 0 Å². The lowest BCUT2D eigenvalue weighted by molar-refractivity contribution is -0.126. The van der Waals surface area contributed by atoms with Crippen LogP contribution in [0.25, 0.3) is 10.8 Å². The van der Waals surface area contributed by atoms with Gasteiger partial charge >= 0.3 is 0 Å². The van der Waals surface area contributed by atoms with Gasteiger partial charge in [0, 0.05) is 41.8 Å². The van der Waals surface area contributed by atoms with Crippen molar-refractivity contribution in [2.24, 2.45) is 5.92 Å². The van der Waals surface area contributed by atoms with E-state index in [-0.39, 0.29) is 17.7 Å². The number of pyridine rings is 1. The fourth-order valence-corrected chi connectivity index (χ4v) is 2.42. The van der Waals surface area contributed by atoms with Gasteiger partial charge in [-0.1, -0.05) is 12.1 Å². The zero-order valence-electron chi connectivity index (χ0n) is 10.9. The van der Waals surface area contributed by atoms with Crippen LogP contribution in [0.4, 0.5) is 5.69 Å². The van der Waals surface area contributed by atoms with Crippen molar-refractivity contribution >= 4 is 28.3 Å². The van der Waals surface area contributed by atoms with Crippen LogP contribution in [0.1, 0.15) is 12.8 Å². The molecule has 0 spiro atoms. The molecule has 1 atom stereocenters. The van der Waals surface area contributed by atoms with Crippen molar-refractivity contribution in [3.8, 4) is 0 Å². The summed E-state index contributed by atoms with van der Waals surface area (Å²) < 4.78 is 0. The highest BCUT2D eigenvalue weighted by Crippen LogP contribution is 2.23. The number of amides is 2. The number of carbonyl (C=O) groups excluding carboxylic acids is 2. The highest BCUT2D eigenvalue weighted by molar-refractivity contribution is 6.02. The number of nitrogens with zero attached hydrogens (tertiary/aromatic N) is 1. The summed E-state index contributed by atoms with van der Waals surface area (Å²) in [5.74, 6) is -0.190. The van der Waals surface area contributed by atoms with Crippen LogP contribution in [-0.2, 0) is 9.59 Å². The van der Waals surface area contributed by atoms with Crippen LogP contribution in [0.15, 0.2) is 36.7 Å². The van der Waals surface area contributed by atoms with E-state index in [9.17, 15) is 9.59 Å². The lowest BCUT2D eigenvalue weighted by Crippen LogP contribution is -2.40. The Morgan fingerprint density at radius 2 is 2.25 bits per heavy atom. The van der Waals surface area contributed by atoms with E-state index < -0.39 is 0 Å². The third-order valence-corrected chi connectivity index (χ3v) is 3.57. The molecule has 1 aliphatic rings. The minimum Gasteiger partial charge on any atom is -0.355 e. The van der Waals surface area contributed by atoms with Crippen LogP contribution < -0.4 is 10.6 Å². The molecule has 1 fully saturated rings. The lowest BCUT2D eigenvalue weighted by Gasteiger charge is -2.21. The molecule has 2 heterocycles. The maximum atomic E-state index is 12.2. The Labute approximate surface area is 116 Å². The second-order valence-electron chi connectivity index (χ2n) is 4.93. The third kappa shape index (κ3) is 2.47. The van der Waals surface area contributed by atoms with Crippen LogP contribution in [0.2, 0.25) is 0 Å². The molecule has 2 aromatic rings. The number of hydrogen-bond acceptors (Lipinski definition) is 3. The number of anilines is 1. The molecule has 1 aliphatic heterocycles. The van der Waals surface area contributed by atoms with Crippen LogP contribution in [0.3, 0.4) is 0 Å². The van der Waals surface area contributed by atoms with Gasteiger partial charge in [-0.15, -0.1) is 0 Å². The van der Waals surface area contributed by atoms with Crippen molar-refractivity contribution < 1.29 is 9.59 Å². The molecule has 3 rings (SSSR count). The molecule has 2 N–H and O–H groups in total. The second kappa shape index (κ2) is 5.28. The van der Waals surface area contributed by atoms with E-state index in [2.05, 4.69) is 15.6 Å². The molecule has 5 nitrogen and oxygen atoms in total. The molecule has 0 aliphatic carbocycles. The second-order valence-corrected chi connectivity index (χ2v) is 4.93. The first-order valence-electron chi connectivity index (χ1n) is 6.64. The molecule has 1 aromatic carbocycles. The summed E-state index contributed by atoms with van der Waals surface area (Å²) in [6.45, 7) is 0.414. The maximum absolute atomic E-state index is 12.2. The molecule has 1 aromatic heterocycles. The van der Waals surface area contributed by atoms with E-state index >= 15 is 0 Å². The predicted molar refractivity (Wildman–Crippen MR) is 76.1 cm³/mol. The number of aromatic nitrogens is 1. The number of benzene rings is 1. The number of rotatable bonds is 2. The minimum atomic E-state index is -0.162. The summed E-state index contributed by atoms with van der Waals surface area (Å²) >= 11 is 0. The van der Waals surface area contributed by atoms with Crippen molar-refractivity contribution in [1.82, 2.24) is 10.3 Å². The van der Waals surface area contributed by atoms with Gasteiger partial charge < -0.3 is 10.6 Å². The Morgan fingerprint density at radius 3 is 3.05 bits per heavy atom. The molecule has 5 heteroatoms. The number of nitrogens with one attached hydrogen (secondary N) is 2. The molecular formula is C15H15N3O2. The van der Waals surface area contributed by atoms with Crippen molar-refractivity contribution in [3.63, 3.8) is 0 Å². The maximum Gasteiger partial charge on any atom is 0.229 e. The van der Waals surface area contributed by atoms with E-state index in [1.165, 1.54) is 0 Å². The van der Waals surface area contributed by atoms with Crippen molar-refractivity contribution in [2.75, 3.05) is 11.9 Å². The molecule has 20 heavy (non-hydrogen) atoms. The van der Waals surface area contributed by atoms with Gasteiger partial charge in [0.1, 0.15) is 0 Å². The fraction of sp³-hybridized carbons (Fsp3) is 0.267. The van der Waals surface area contributed by atoms with Gasteiger partial charge in [-0.05, 0) is 18.6 Å². The number of fused-ring (bicyclic) bond motifs is 1. The first-order valence-corrected chi connectivity index (χ1v) is 6.64. The standard InChI is InChI=1S/C15H15N3O2/c19-14-5-4-11(9-17-14)15(20)18-13-3-1-2-10-8-16-7-6-12(10)13/h1-3,6-8,11H,4-5,9H2,(H,17,19)(H,18,20). The highest BCUT2D eigenvalue weighted by atomic mass is 16.2. The van der Waals surface area contributed by atoms with Gasteiger partial charge in [0.15, 0.2) is 0 Å². The normalized spacial score (nSPS) is 18.6. The highest BCUT2D eigenvalue weighted by Gasteiger charge is 2.24. The smallest absolute Gasteiger partial charge is 0.229 e. The van der Waals surface area contributed by atoms with Crippen molar-refractivity contribution in [3.05, 3.63) is 36.7 Å². The summed E-state index contributed by atoms with van der Waals surface area (Å²) in [5.41, 5.74) is 0.784. The van der Waals surface area contributed by atoms with E-state index in [4.69, 9.17) is 0 Å². The summed E-state index contributed by atoms with van der Waals surface area (Å²) in [5, 5.41) is 7.63. The predicted octanol–water partition coefficient (Wildman–Crippen LogP) is 1.70. The first-order chi connectivity index (χ1) is 9.74.